The van der Waals surface area contributed by atoms with Crippen molar-refractivity contribution in [2.75, 3.05) is 40.3 Å². The third kappa shape index (κ3) is 3.21. The van der Waals surface area contributed by atoms with Crippen molar-refractivity contribution in [3.05, 3.63) is 34.9 Å². The summed E-state index contributed by atoms with van der Waals surface area (Å²) >= 11 is 5.39. The quantitative estimate of drug-likeness (QED) is 0.869. The summed E-state index contributed by atoms with van der Waals surface area (Å²) in [5.41, 5.74) is 1.00. The molecule has 1 aromatic carbocycles. The van der Waals surface area contributed by atoms with Crippen LogP contribution in [0.15, 0.2) is 24.3 Å². The van der Waals surface area contributed by atoms with E-state index in [0.29, 0.717) is 4.77 Å². The predicted molar refractivity (Wildman–Crippen MR) is 88.1 cm³/mol. The number of benzene rings is 1. The van der Waals surface area contributed by atoms with E-state index in [1.54, 1.807) is 7.11 Å². The Labute approximate surface area is 135 Å². The van der Waals surface area contributed by atoms with Crippen LogP contribution < -0.4 is 4.74 Å². The maximum atomic E-state index is 5.39. The third-order valence-electron chi connectivity index (χ3n) is 4.03. The molecule has 1 aliphatic heterocycles. The van der Waals surface area contributed by atoms with Crippen molar-refractivity contribution in [3.63, 3.8) is 0 Å². The van der Waals surface area contributed by atoms with Gasteiger partial charge in [0, 0.05) is 31.9 Å². The van der Waals surface area contributed by atoms with Gasteiger partial charge in [-0.1, -0.05) is 0 Å². The van der Waals surface area contributed by atoms with Gasteiger partial charge in [-0.2, -0.15) is 5.10 Å². The third-order valence-corrected chi connectivity index (χ3v) is 4.31. The van der Waals surface area contributed by atoms with Crippen LogP contribution >= 0.6 is 12.2 Å². The average Bonchev–Trinajstić information content (AvgIpc) is 2.90. The van der Waals surface area contributed by atoms with Gasteiger partial charge in [0.1, 0.15) is 11.6 Å². The molecule has 6 nitrogen and oxygen atoms in total. The first-order valence-electron chi connectivity index (χ1n) is 7.39. The summed E-state index contributed by atoms with van der Waals surface area (Å²) in [6.07, 6.45) is 0. The molecule has 1 saturated heterocycles. The van der Waals surface area contributed by atoms with E-state index in [9.17, 15) is 0 Å². The zero-order valence-corrected chi connectivity index (χ0v) is 13.8. The van der Waals surface area contributed by atoms with E-state index in [4.69, 9.17) is 17.0 Å². The fourth-order valence-corrected chi connectivity index (χ4v) is 2.90. The minimum atomic E-state index is 0.620. The molecule has 0 unspecified atom stereocenters. The summed E-state index contributed by atoms with van der Waals surface area (Å²) in [7, 11) is 3.82. The Kier molecular flexibility index (Phi) is 4.56. The van der Waals surface area contributed by atoms with E-state index >= 15 is 0 Å². The van der Waals surface area contributed by atoms with Crippen molar-refractivity contribution < 1.29 is 4.74 Å². The number of likely N-dealkylation sites (N-methyl/N-ethyl adjacent to an activating group) is 1. The Morgan fingerprint density at radius 3 is 2.50 bits per heavy atom. The van der Waals surface area contributed by atoms with E-state index < -0.39 is 0 Å². The van der Waals surface area contributed by atoms with Crippen LogP contribution in [-0.4, -0.2) is 64.9 Å². The number of ether oxygens (including phenoxy) is 1. The van der Waals surface area contributed by atoms with Gasteiger partial charge in [-0.3, -0.25) is 14.6 Å². The van der Waals surface area contributed by atoms with E-state index in [0.717, 1.165) is 50.0 Å². The topological polar surface area (TPSA) is 49.3 Å². The van der Waals surface area contributed by atoms with Crippen LogP contribution in [0.25, 0.3) is 5.69 Å². The van der Waals surface area contributed by atoms with Crippen molar-refractivity contribution in [2.24, 2.45) is 0 Å². The molecular weight excluding hydrogens is 298 g/mol. The zero-order valence-electron chi connectivity index (χ0n) is 13.0. The lowest BCUT2D eigenvalue weighted by Crippen LogP contribution is -2.44. The first-order valence-corrected chi connectivity index (χ1v) is 7.80. The summed E-state index contributed by atoms with van der Waals surface area (Å²) in [6, 6.07) is 7.86. The lowest BCUT2D eigenvalue weighted by Gasteiger charge is -2.31. The summed E-state index contributed by atoms with van der Waals surface area (Å²) in [5.74, 6) is 1.78. The molecule has 0 spiro atoms. The van der Waals surface area contributed by atoms with Crippen molar-refractivity contribution >= 4 is 12.2 Å². The van der Waals surface area contributed by atoms with Crippen LogP contribution in [0.3, 0.4) is 0 Å². The Balaban J connectivity index is 1.82. The standard InChI is InChI=1S/C15H21N5OS/c1-18-7-9-19(10-8-18)11-14-16-17-15(22)20(14)12-3-5-13(21-2)6-4-12/h3-6H,7-11H2,1-2H3,(H,17,22). The summed E-state index contributed by atoms with van der Waals surface area (Å²) < 4.78 is 7.82. The van der Waals surface area contributed by atoms with Crippen LogP contribution in [0, 0.1) is 4.77 Å². The molecule has 0 aliphatic carbocycles. The number of methoxy groups -OCH3 is 1. The monoisotopic (exact) mass is 319 g/mol. The maximum absolute atomic E-state index is 5.39. The number of piperazine rings is 1. The molecular formula is C15H21N5OS. The van der Waals surface area contributed by atoms with Crippen molar-refractivity contribution in [1.29, 1.82) is 0 Å². The Bertz CT molecular complexity index is 670. The normalized spacial score (nSPS) is 16.8. The van der Waals surface area contributed by atoms with Crippen LogP contribution in [0.2, 0.25) is 0 Å². The van der Waals surface area contributed by atoms with Gasteiger partial charge < -0.3 is 9.64 Å². The second kappa shape index (κ2) is 6.60. The van der Waals surface area contributed by atoms with Gasteiger partial charge in [-0.05, 0) is 43.5 Å². The second-order valence-electron chi connectivity index (χ2n) is 5.56. The fraction of sp³-hybridized carbons (Fsp3) is 0.467. The van der Waals surface area contributed by atoms with Gasteiger partial charge in [0.05, 0.1) is 13.7 Å². The molecule has 0 saturated carbocycles. The Hall–Kier alpha value is -1.70. The summed E-state index contributed by atoms with van der Waals surface area (Å²) in [4.78, 5) is 4.75. The van der Waals surface area contributed by atoms with E-state index in [1.165, 1.54) is 0 Å². The van der Waals surface area contributed by atoms with Crippen molar-refractivity contribution in [3.8, 4) is 11.4 Å². The molecule has 2 heterocycles. The highest BCUT2D eigenvalue weighted by Gasteiger charge is 2.17. The van der Waals surface area contributed by atoms with Gasteiger partial charge in [-0.15, -0.1) is 0 Å². The number of hydrogen-bond acceptors (Lipinski definition) is 5. The van der Waals surface area contributed by atoms with Crippen LogP contribution in [0.5, 0.6) is 5.75 Å². The van der Waals surface area contributed by atoms with Gasteiger partial charge in [0.25, 0.3) is 0 Å². The number of aromatic nitrogens is 3. The van der Waals surface area contributed by atoms with Crippen LogP contribution in [0.4, 0.5) is 0 Å². The first-order chi connectivity index (χ1) is 10.7. The number of aromatic amines is 1. The molecule has 3 rings (SSSR count). The second-order valence-corrected chi connectivity index (χ2v) is 5.94. The van der Waals surface area contributed by atoms with Crippen molar-refractivity contribution in [1.82, 2.24) is 24.6 Å². The summed E-state index contributed by atoms with van der Waals surface area (Å²) in [6.45, 7) is 5.09. The average molecular weight is 319 g/mol. The first kappa shape index (κ1) is 15.2. The minimum absolute atomic E-state index is 0.620. The number of nitrogens with one attached hydrogen (secondary N) is 1. The van der Waals surface area contributed by atoms with Crippen molar-refractivity contribution in [2.45, 2.75) is 6.54 Å². The maximum Gasteiger partial charge on any atom is 0.199 e. The molecule has 1 N–H and O–H groups in total. The molecule has 0 radical (unpaired) electrons. The molecule has 7 heteroatoms. The van der Waals surface area contributed by atoms with Crippen LogP contribution in [0.1, 0.15) is 5.82 Å². The lowest BCUT2D eigenvalue weighted by atomic mass is 10.3. The highest BCUT2D eigenvalue weighted by molar-refractivity contribution is 7.71. The molecule has 0 bridgehead atoms. The molecule has 0 amide bonds. The van der Waals surface area contributed by atoms with Gasteiger partial charge in [0.2, 0.25) is 0 Å². The summed E-state index contributed by atoms with van der Waals surface area (Å²) in [5, 5.41) is 7.32. The van der Waals surface area contributed by atoms with Crippen LogP contribution in [-0.2, 0) is 6.54 Å². The number of H-pyrrole nitrogens is 1. The van der Waals surface area contributed by atoms with E-state index in [-0.39, 0.29) is 0 Å². The molecule has 22 heavy (non-hydrogen) atoms. The smallest absolute Gasteiger partial charge is 0.199 e. The lowest BCUT2D eigenvalue weighted by molar-refractivity contribution is 0.145. The number of nitrogens with zero attached hydrogens (tertiary/aromatic N) is 4. The highest BCUT2D eigenvalue weighted by atomic mass is 32.1. The SMILES string of the molecule is COc1ccc(-n2c(CN3CCN(C)CC3)n[nH]c2=S)cc1. The number of hydrogen-bond donors (Lipinski definition) is 1. The van der Waals surface area contributed by atoms with Gasteiger partial charge in [-0.25, -0.2) is 0 Å². The zero-order chi connectivity index (χ0) is 15.5. The van der Waals surface area contributed by atoms with Gasteiger partial charge in [0.15, 0.2) is 4.77 Å². The largest absolute Gasteiger partial charge is 0.497 e. The fourth-order valence-electron chi connectivity index (χ4n) is 2.64. The Morgan fingerprint density at radius 2 is 1.86 bits per heavy atom. The molecule has 1 fully saturated rings. The molecule has 2 aromatic rings. The minimum Gasteiger partial charge on any atom is -0.497 e. The highest BCUT2D eigenvalue weighted by Crippen LogP contribution is 2.17. The molecule has 1 aliphatic rings. The predicted octanol–water partition coefficient (Wildman–Crippen LogP) is 1.69. The molecule has 1 aromatic heterocycles. The molecule has 0 atom stereocenters. The molecule has 118 valence electrons. The Morgan fingerprint density at radius 1 is 1.18 bits per heavy atom. The van der Waals surface area contributed by atoms with E-state index in [2.05, 4.69) is 27.0 Å². The van der Waals surface area contributed by atoms with E-state index in [1.807, 2.05) is 28.8 Å². The number of rotatable bonds is 4. The van der Waals surface area contributed by atoms with Gasteiger partial charge >= 0.3 is 0 Å².